The molecule has 0 saturated carbocycles. The van der Waals surface area contributed by atoms with Gasteiger partial charge in [0, 0.05) is 0 Å². The van der Waals surface area contributed by atoms with Gasteiger partial charge in [-0.2, -0.15) is 0 Å². The lowest BCUT2D eigenvalue weighted by atomic mass is 10.1. The minimum absolute atomic E-state index is 0.00338. The predicted molar refractivity (Wildman–Crippen MR) is 45.8 cm³/mol. The van der Waals surface area contributed by atoms with E-state index in [0.717, 1.165) is 11.7 Å². The zero-order valence-electron chi connectivity index (χ0n) is 6.68. The first-order valence-electron chi connectivity index (χ1n) is 3.34. The summed E-state index contributed by atoms with van der Waals surface area (Å²) in [6.07, 6.45) is 2.03. The van der Waals surface area contributed by atoms with Crippen molar-refractivity contribution in [1.29, 1.82) is 0 Å². The number of ether oxygens (including phenoxy) is 1. The fraction of sp³-hybridized carbons (Fsp3) is 0.857. The van der Waals surface area contributed by atoms with E-state index in [9.17, 15) is 0 Å². The first-order chi connectivity index (χ1) is 4.64. The van der Waals surface area contributed by atoms with Gasteiger partial charge in [-0.05, 0) is 20.1 Å². The van der Waals surface area contributed by atoms with Crippen molar-refractivity contribution < 1.29 is 4.74 Å². The van der Waals surface area contributed by atoms with Gasteiger partial charge < -0.3 is 4.74 Å². The molecule has 0 amide bonds. The molecule has 1 aliphatic heterocycles. The molecule has 0 N–H and O–H groups in total. The highest BCUT2D eigenvalue weighted by Gasteiger charge is 2.21. The molecule has 10 heavy (non-hydrogen) atoms. The highest BCUT2D eigenvalue weighted by atomic mass is 32.2. The van der Waals surface area contributed by atoms with Crippen LogP contribution in [0.4, 0.5) is 0 Å². The van der Waals surface area contributed by atoms with E-state index in [0.29, 0.717) is 6.61 Å². The Balaban J connectivity index is 2.66. The molecule has 0 saturated heterocycles. The largest absolute Gasteiger partial charge is 0.372 e. The Morgan fingerprint density at radius 2 is 2.30 bits per heavy atom. The monoisotopic (exact) mass is 159 g/mol. The Kier molecular flexibility index (Phi) is 2.36. The molecular formula is C7H13NOS. The maximum Gasteiger partial charge on any atom is 0.0946 e. The van der Waals surface area contributed by atoms with E-state index in [1.807, 2.05) is 6.26 Å². The van der Waals surface area contributed by atoms with Crippen LogP contribution in [-0.2, 0) is 4.74 Å². The molecule has 3 heteroatoms. The lowest BCUT2D eigenvalue weighted by Crippen LogP contribution is -2.32. The highest BCUT2D eigenvalue weighted by molar-refractivity contribution is 8.13. The van der Waals surface area contributed by atoms with Gasteiger partial charge in [0.15, 0.2) is 0 Å². The van der Waals surface area contributed by atoms with Gasteiger partial charge in [0.05, 0.1) is 23.8 Å². The third-order valence-electron chi connectivity index (χ3n) is 1.34. The molecule has 1 aliphatic rings. The summed E-state index contributed by atoms with van der Waals surface area (Å²) in [5.41, 5.74) is -0.00338. The van der Waals surface area contributed by atoms with E-state index >= 15 is 0 Å². The van der Waals surface area contributed by atoms with E-state index in [1.54, 1.807) is 11.8 Å². The molecule has 0 radical (unpaired) electrons. The third-order valence-corrected chi connectivity index (χ3v) is 2.02. The Hall–Kier alpha value is -0.0200. The number of hydrogen-bond donors (Lipinski definition) is 0. The van der Waals surface area contributed by atoms with Crippen molar-refractivity contribution >= 4 is 16.8 Å². The number of hydrogen-bond acceptors (Lipinski definition) is 3. The molecule has 1 heterocycles. The molecule has 0 bridgehead atoms. The number of nitrogens with zero attached hydrogens (tertiary/aromatic N) is 1. The van der Waals surface area contributed by atoms with Gasteiger partial charge in [0.1, 0.15) is 0 Å². The summed E-state index contributed by atoms with van der Waals surface area (Å²) in [5, 5.41) is 1.11. The van der Waals surface area contributed by atoms with E-state index < -0.39 is 0 Å². The first kappa shape index (κ1) is 8.08. The molecule has 0 fully saturated rings. The molecule has 2 nitrogen and oxygen atoms in total. The normalized spacial score (nSPS) is 24.1. The smallest absolute Gasteiger partial charge is 0.0946 e. The van der Waals surface area contributed by atoms with Crippen molar-refractivity contribution in [2.45, 2.75) is 19.4 Å². The summed E-state index contributed by atoms with van der Waals surface area (Å²) in [6.45, 7) is 5.62. The average molecular weight is 159 g/mol. The summed E-state index contributed by atoms with van der Waals surface area (Å²) >= 11 is 1.67. The number of thioether (sulfide) groups is 1. The molecule has 0 aromatic heterocycles. The molecule has 0 aromatic rings. The highest BCUT2D eigenvalue weighted by Crippen LogP contribution is 2.17. The van der Waals surface area contributed by atoms with E-state index in [4.69, 9.17) is 4.74 Å². The molecular weight excluding hydrogens is 146 g/mol. The van der Waals surface area contributed by atoms with Crippen molar-refractivity contribution in [3.05, 3.63) is 0 Å². The Bertz CT molecular complexity index is 154. The second-order valence-electron chi connectivity index (χ2n) is 3.01. The maximum atomic E-state index is 5.34. The van der Waals surface area contributed by atoms with Crippen LogP contribution in [0, 0.1) is 0 Å². The van der Waals surface area contributed by atoms with Crippen LogP contribution in [0.3, 0.4) is 0 Å². The van der Waals surface area contributed by atoms with Gasteiger partial charge >= 0.3 is 0 Å². The van der Waals surface area contributed by atoms with Crippen LogP contribution in [0.15, 0.2) is 4.99 Å². The fourth-order valence-corrected chi connectivity index (χ4v) is 1.43. The third kappa shape index (κ3) is 1.99. The topological polar surface area (TPSA) is 21.6 Å². The maximum absolute atomic E-state index is 5.34. The van der Waals surface area contributed by atoms with Crippen molar-refractivity contribution in [3.63, 3.8) is 0 Å². The number of rotatable bonds is 0. The summed E-state index contributed by atoms with van der Waals surface area (Å²) in [5.74, 6) is 0. The quantitative estimate of drug-likeness (QED) is 0.535. The lowest BCUT2D eigenvalue weighted by Gasteiger charge is -2.25. The summed E-state index contributed by atoms with van der Waals surface area (Å²) in [4.78, 5) is 4.49. The summed E-state index contributed by atoms with van der Waals surface area (Å²) in [6, 6.07) is 0. The molecule has 0 unspecified atom stereocenters. The fourth-order valence-electron chi connectivity index (χ4n) is 0.895. The van der Waals surface area contributed by atoms with Crippen LogP contribution in [-0.4, -0.2) is 30.1 Å². The van der Waals surface area contributed by atoms with Gasteiger partial charge in [-0.25, -0.2) is 0 Å². The second kappa shape index (κ2) is 2.93. The Morgan fingerprint density at radius 1 is 1.60 bits per heavy atom. The van der Waals surface area contributed by atoms with Crippen molar-refractivity contribution in [2.24, 2.45) is 4.99 Å². The SMILES string of the molecule is CSC1=NC(C)(C)COC1. The molecule has 0 atom stereocenters. The van der Waals surface area contributed by atoms with Crippen molar-refractivity contribution in [1.82, 2.24) is 0 Å². The van der Waals surface area contributed by atoms with Crippen LogP contribution in [0.2, 0.25) is 0 Å². The van der Waals surface area contributed by atoms with Crippen molar-refractivity contribution in [2.75, 3.05) is 19.5 Å². The predicted octanol–water partition coefficient (Wildman–Crippen LogP) is 1.56. The zero-order chi connectivity index (χ0) is 7.61. The Labute approximate surface area is 66.1 Å². The molecule has 0 aliphatic carbocycles. The van der Waals surface area contributed by atoms with Gasteiger partial charge in [-0.3, -0.25) is 4.99 Å². The standard InChI is InChI=1S/C7H13NOS/c1-7(2)5-9-4-6(8-7)10-3/h4-5H2,1-3H3. The van der Waals surface area contributed by atoms with Gasteiger partial charge in [0.25, 0.3) is 0 Å². The van der Waals surface area contributed by atoms with Crippen LogP contribution < -0.4 is 0 Å². The Morgan fingerprint density at radius 3 is 2.70 bits per heavy atom. The second-order valence-corrected chi connectivity index (χ2v) is 3.89. The van der Waals surface area contributed by atoms with Gasteiger partial charge in [-0.1, -0.05) is 0 Å². The van der Waals surface area contributed by atoms with Gasteiger partial charge in [0.2, 0.25) is 0 Å². The average Bonchev–Trinajstić information content (AvgIpc) is 1.86. The summed E-state index contributed by atoms with van der Waals surface area (Å²) < 4.78 is 5.34. The minimum Gasteiger partial charge on any atom is -0.372 e. The van der Waals surface area contributed by atoms with Crippen molar-refractivity contribution in [3.8, 4) is 0 Å². The minimum atomic E-state index is -0.00338. The number of aliphatic imine (C=N–C) groups is 1. The van der Waals surface area contributed by atoms with Crippen LogP contribution in [0.25, 0.3) is 0 Å². The molecule has 0 aromatic carbocycles. The first-order valence-corrected chi connectivity index (χ1v) is 4.57. The summed E-state index contributed by atoms with van der Waals surface area (Å²) in [7, 11) is 0. The zero-order valence-corrected chi connectivity index (χ0v) is 7.49. The van der Waals surface area contributed by atoms with E-state index in [2.05, 4.69) is 18.8 Å². The van der Waals surface area contributed by atoms with Crippen LogP contribution >= 0.6 is 11.8 Å². The molecule has 58 valence electrons. The van der Waals surface area contributed by atoms with Gasteiger partial charge in [-0.15, -0.1) is 11.8 Å². The molecule has 0 spiro atoms. The van der Waals surface area contributed by atoms with Crippen LogP contribution in [0.1, 0.15) is 13.8 Å². The van der Waals surface area contributed by atoms with E-state index in [-0.39, 0.29) is 5.54 Å². The van der Waals surface area contributed by atoms with Crippen LogP contribution in [0.5, 0.6) is 0 Å². The molecule has 1 rings (SSSR count). The van der Waals surface area contributed by atoms with E-state index in [1.165, 1.54) is 0 Å². The lowest BCUT2D eigenvalue weighted by molar-refractivity contribution is 0.117.